The molecule has 110 valence electrons. The highest BCUT2D eigenvalue weighted by Crippen LogP contribution is 2.37. The minimum Gasteiger partial charge on any atom is -0.391 e. The first-order valence-electron chi connectivity index (χ1n) is 6.99. The highest BCUT2D eigenvalue weighted by Gasteiger charge is 2.28. The van der Waals surface area contributed by atoms with Gasteiger partial charge < -0.3 is 10.0 Å². The number of aromatic nitrogens is 2. The molecule has 0 saturated carbocycles. The van der Waals surface area contributed by atoms with Crippen LogP contribution in [0.2, 0.25) is 0 Å². The molecule has 1 fully saturated rings. The molecule has 2 atom stereocenters. The first kappa shape index (κ1) is 14.2. The van der Waals surface area contributed by atoms with Crippen LogP contribution in [-0.4, -0.2) is 40.1 Å². The van der Waals surface area contributed by atoms with E-state index in [1.165, 1.54) is 11.3 Å². The fraction of sp³-hybridized carbons (Fsp3) is 0.400. The largest absolute Gasteiger partial charge is 0.391 e. The van der Waals surface area contributed by atoms with Gasteiger partial charge in [-0.15, -0.1) is 11.3 Å². The Morgan fingerprint density at radius 2 is 2.14 bits per heavy atom. The fourth-order valence-electron chi connectivity index (χ4n) is 2.71. The number of thiophene rings is 1. The molecule has 0 radical (unpaired) electrons. The Hall–Kier alpha value is -1.79. The van der Waals surface area contributed by atoms with Crippen LogP contribution < -0.4 is 4.90 Å². The second kappa shape index (κ2) is 5.91. The summed E-state index contributed by atoms with van der Waals surface area (Å²) in [7, 11) is 0. The number of anilines is 1. The molecule has 0 aromatic carbocycles. The van der Waals surface area contributed by atoms with E-state index < -0.39 is 0 Å². The van der Waals surface area contributed by atoms with Crippen LogP contribution in [0.4, 0.5) is 5.69 Å². The Morgan fingerprint density at radius 3 is 2.86 bits per heavy atom. The quantitative estimate of drug-likeness (QED) is 0.882. The molecule has 0 unspecified atom stereocenters. The van der Waals surface area contributed by atoms with Crippen molar-refractivity contribution >= 4 is 23.3 Å². The van der Waals surface area contributed by atoms with E-state index in [9.17, 15) is 9.90 Å². The van der Waals surface area contributed by atoms with E-state index in [-0.39, 0.29) is 6.10 Å². The topological polar surface area (TPSA) is 66.3 Å². The summed E-state index contributed by atoms with van der Waals surface area (Å²) in [6, 6.07) is 2.06. The molecule has 1 aliphatic rings. The van der Waals surface area contributed by atoms with Gasteiger partial charge >= 0.3 is 0 Å². The van der Waals surface area contributed by atoms with Crippen LogP contribution >= 0.6 is 11.3 Å². The Balaban J connectivity index is 2.00. The normalized spacial score (nSPS) is 22.3. The van der Waals surface area contributed by atoms with Crippen molar-refractivity contribution in [2.75, 3.05) is 11.4 Å². The summed E-state index contributed by atoms with van der Waals surface area (Å²) in [5.41, 5.74) is 1.50. The zero-order valence-electron chi connectivity index (χ0n) is 11.8. The van der Waals surface area contributed by atoms with Crippen molar-refractivity contribution in [1.29, 1.82) is 0 Å². The van der Waals surface area contributed by atoms with Crippen LogP contribution in [0.25, 0.3) is 10.7 Å². The molecule has 6 heteroatoms. The van der Waals surface area contributed by atoms with Crippen molar-refractivity contribution in [1.82, 2.24) is 9.97 Å². The average molecular weight is 303 g/mol. The number of hydrogen-bond acceptors (Lipinski definition) is 6. The first-order valence-corrected chi connectivity index (χ1v) is 7.87. The van der Waals surface area contributed by atoms with Crippen LogP contribution in [0.15, 0.2) is 23.8 Å². The van der Waals surface area contributed by atoms with Crippen LogP contribution in [0.3, 0.4) is 0 Å². The molecule has 21 heavy (non-hydrogen) atoms. The van der Waals surface area contributed by atoms with Gasteiger partial charge in [0, 0.05) is 30.4 Å². The van der Waals surface area contributed by atoms with Crippen molar-refractivity contribution < 1.29 is 9.90 Å². The number of carbonyl (C=O) groups excluding carboxylic acids is 1. The van der Waals surface area contributed by atoms with Crippen molar-refractivity contribution in [2.45, 2.75) is 31.9 Å². The zero-order valence-corrected chi connectivity index (χ0v) is 12.6. The molecule has 5 nitrogen and oxygen atoms in total. The van der Waals surface area contributed by atoms with E-state index >= 15 is 0 Å². The lowest BCUT2D eigenvalue weighted by Crippen LogP contribution is -2.44. The second-order valence-corrected chi connectivity index (χ2v) is 6.17. The molecule has 1 aliphatic heterocycles. The van der Waals surface area contributed by atoms with E-state index in [0.717, 1.165) is 29.7 Å². The molecule has 0 aliphatic carbocycles. The van der Waals surface area contributed by atoms with Gasteiger partial charge in [-0.1, -0.05) is 0 Å². The lowest BCUT2D eigenvalue weighted by Gasteiger charge is -2.37. The highest BCUT2D eigenvalue weighted by atomic mass is 32.1. The summed E-state index contributed by atoms with van der Waals surface area (Å²) in [6.45, 7) is 2.69. The van der Waals surface area contributed by atoms with Gasteiger partial charge in [0.2, 0.25) is 0 Å². The lowest BCUT2D eigenvalue weighted by atomic mass is 10.00. The van der Waals surface area contributed by atoms with E-state index in [0.29, 0.717) is 24.0 Å². The Morgan fingerprint density at radius 1 is 1.38 bits per heavy atom. The summed E-state index contributed by atoms with van der Waals surface area (Å²) in [5.74, 6) is 0.570. The smallest absolute Gasteiger partial charge is 0.170 e. The first-order chi connectivity index (χ1) is 10.2. The molecule has 1 N–H and O–H groups in total. The van der Waals surface area contributed by atoms with Gasteiger partial charge in [-0.25, -0.2) is 9.97 Å². The highest BCUT2D eigenvalue weighted by molar-refractivity contribution is 7.14. The number of nitrogens with zero attached hydrogens (tertiary/aromatic N) is 3. The number of piperidine rings is 1. The van der Waals surface area contributed by atoms with E-state index in [4.69, 9.17) is 0 Å². The molecule has 0 bridgehead atoms. The average Bonchev–Trinajstić information content (AvgIpc) is 2.94. The lowest BCUT2D eigenvalue weighted by molar-refractivity contribution is 0.112. The maximum absolute atomic E-state index is 11.6. The summed E-state index contributed by atoms with van der Waals surface area (Å²) >= 11 is 1.47. The van der Waals surface area contributed by atoms with Gasteiger partial charge in [0.25, 0.3) is 0 Å². The minimum absolute atomic E-state index is 0.311. The molecule has 1 saturated heterocycles. The Bertz CT molecular complexity index is 629. The molecule has 0 amide bonds. The molecule has 2 aromatic heterocycles. The van der Waals surface area contributed by atoms with Crippen molar-refractivity contribution in [3.63, 3.8) is 0 Å². The Kier molecular flexibility index (Phi) is 3.98. The van der Waals surface area contributed by atoms with E-state index in [2.05, 4.69) is 21.8 Å². The van der Waals surface area contributed by atoms with Gasteiger partial charge in [-0.05, 0) is 25.8 Å². The monoisotopic (exact) mass is 303 g/mol. The maximum Gasteiger partial charge on any atom is 0.170 e. The molecule has 3 heterocycles. The third-order valence-corrected chi connectivity index (χ3v) is 4.84. The van der Waals surface area contributed by atoms with Crippen LogP contribution in [-0.2, 0) is 0 Å². The summed E-state index contributed by atoms with van der Waals surface area (Å²) in [5, 5.41) is 11.9. The van der Waals surface area contributed by atoms with Crippen LogP contribution in [0.5, 0.6) is 0 Å². The van der Waals surface area contributed by atoms with Crippen LogP contribution in [0.1, 0.15) is 30.1 Å². The maximum atomic E-state index is 11.6. The number of aldehydes is 1. The Labute approximate surface area is 127 Å². The van der Waals surface area contributed by atoms with Gasteiger partial charge in [0.05, 0.1) is 22.2 Å². The third-order valence-electron chi connectivity index (χ3n) is 3.86. The molecule has 2 aromatic rings. The fourth-order valence-corrected chi connectivity index (χ4v) is 3.69. The third kappa shape index (κ3) is 2.69. The molecule has 0 spiro atoms. The van der Waals surface area contributed by atoms with Gasteiger partial charge in [-0.3, -0.25) is 4.79 Å². The van der Waals surface area contributed by atoms with Gasteiger partial charge in [0.15, 0.2) is 12.1 Å². The zero-order chi connectivity index (χ0) is 14.8. The summed E-state index contributed by atoms with van der Waals surface area (Å²) in [6.07, 6.45) is 5.61. The van der Waals surface area contributed by atoms with Crippen molar-refractivity contribution in [3.8, 4) is 10.7 Å². The van der Waals surface area contributed by atoms with E-state index in [1.807, 2.05) is 5.38 Å². The molecule has 3 rings (SSSR count). The van der Waals surface area contributed by atoms with Crippen molar-refractivity contribution in [2.24, 2.45) is 0 Å². The standard InChI is InChI=1S/C15H17N3O2S/c1-10-3-4-11(20)7-18(10)13-9-21-14(12(13)8-19)15-16-5-2-6-17-15/h2,5-6,8-11,20H,3-4,7H2,1H3/t10-,11-/m1/s1. The number of hydrogen-bond donors (Lipinski definition) is 1. The number of carbonyl (C=O) groups is 1. The number of rotatable bonds is 3. The molecular formula is C15H17N3O2S. The van der Waals surface area contributed by atoms with E-state index in [1.54, 1.807) is 18.5 Å². The summed E-state index contributed by atoms with van der Waals surface area (Å²) < 4.78 is 0. The second-order valence-electron chi connectivity index (χ2n) is 5.29. The number of aliphatic hydroxyl groups is 1. The van der Waals surface area contributed by atoms with Crippen LogP contribution in [0, 0.1) is 0 Å². The predicted molar refractivity (Wildman–Crippen MR) is 82.8 cm³/mol. The SMILES string of the molecule is C[C@@H]1CC[C@@H](O)CN1c1csc(-c2ncccn2)c1C=O. The summed E-state index contributed by atoms with van der Waals surface area (Å²) in [4.78, 5) is 22.9. The number of β-amino-alcohol motifs (C(OH)–C–C–N with tert-alkyl or cyclic N) is 1. The predicted octanol–water partition coefficient (Wildman–Crippen LogP) is 2.37. The van der Waals surface area contributed by atoms with Gasteiger partial charge in [0.1, 0.15) is 0 Å². The minimum atomic E-state index is -0.336. The molecular weight excluding hydrogens is 286 g/mol. The van der Waals surface area contributed by atoms with Gasteiger partial charge in [-0.2, -0.15) is 0 Å². The number of aliphatic hydroxyl groups excluding tert-OH is 1. The van der Waals surface area contributed by atoms with Crippen molar-refractivity contribution in [3.05, 3.63) is 29.4 Å².